The van der Waals surface area contributed by atoms with Crippen molar-refractivity contribution < 1.29 is 4.79 Å². The molecule has 0 saturated carbocycles. The zero-order chi connectivity index (χ0) is 9.40. The molecule has 12 heavy (non-hydrogen) atoms. The quantitative estimate of drug-likeness (QED) is 0.590. The number of allylic oxidation sites excluding steroid dienone is 1. The highest BCUT2D eigenvalue weighted by Crippen LogP contribution is 1.92. The molecular weight excluding hydrogens is 150 g/mol. The Hall–Kier alpha value is -0.630. The molecule has 0 aliphatic carbocycles. The minimum absolute atomic E-state index is 0.273. The fraction of sp³-hybridized carbons (Fsp3) is 0.700. The van der Waals surface area contributed by atoms with Crippen LogP contribution in [0.15, 0.2) is 12.7 Å². The predicted molar refractivity (Wildman–Crippen MR) is 52.2 cm³/mol. The number of rotatable bonds is 7. The average Bonchev–Trinajstić information content (AvgIpc) is 2.10. The summed E-state index contributed by atoms with van der Waals surface area (Å²) in [6, 6.07) is 0.442. The summed E-state index contributed by atoms with van der Waals surface area (Å²) in [6.07, 6.45) is 4.25. The van der Waals surface area contributed by atoms with Crippen LogP contribution < -0.4 is 5.32 Å². The maximum absolute atomic E-state index is 11.1. The van der Waals surface area contributed by atoms with Gasteiger partial charge in [-0.15, -0.1) is 6.58 Å². The third-order valence-corrected chi connectivity index (χ3v) is 1.89. The number of Topliss-reactive ketones (excluding diaryl/α,β-unsaturated/α-hetero) is 1. The predicted octanol–water partition coefficient (Wildman–Crippen LogP) is 1.91. The SMILES string of the molecule is C=CCCC(=O)CNC(C)CC. The second-order valence-corrected chi connectivity index (χ2v) is 3.06. The summed E-state index contributed by atoms with van der Waals surface area (Å²) in [5.41, 5.74) is 0. The van der Waals surface area contributed by atoms with Gasteiger partial charge in [0.2, 0.25) is 0 Å². The van der Waals surface area contributed by atoms with Gasteiger partial charge in [-0.05, 0) is 19.8 Å². The zero-order valence-electron chi connectivity index (χ0n) is 8.10. The highest BCUT2D eigenvalue weighted by Gasteiger charge is 2.02. The molecule has 0 aliphatic rings. The van der Waals surface area contributed by atoms with Crippen LogP contribution in [0.4, 0.5) is 0 Å². The first kappa shape index (κ1) is 11.4. The molecule has 0 fully saturated rings. The first-order valence-electron chi connectivity index (χ1n) is 4.56. The molecule has 0 rings (SSSR count). The maximum atomic E-state index is 11.1. The summed E-state index contributed by atoms with van der Waals surface area (Å²) in [4.78, 5) is 11.1. The number of hydrogen-bond donors (Lipinski definition) is 1. The normalized spacial score (nSPS) is 12.5. The summed E-state index contributed by atoms with van der Waals surface area (Å²) in [6.45, 7) is 8.26. The molecule has 0 bridgehead atoms. The molecule has 1 atom stereocenters. The molecule has 0 aromatic carbocycles. The molecular formula is C10H19NO. The molecule has 0 aromatic heterocycles. The van der Waals surface area contributed by atoms with Gasteiger partial charge in [0.15, 0.2) is 0 Å². The number of carbonyl (C=O) groups is 1. The van der Waals surface area contributed by atoms with E-state index in [1.54, 1.807) is 6.08 Å². The van der Waals surface area contributed by atoms with E-state index in [1.807, 2.05) is 0 Å². The van der Waals surface area contributed by atoms with E-state index in [0.717, 1.165) is 12.8 Å². The number of nitrogens with one attached hydrogen (secondary N) is 1. The van der Waals surface area contributed by atoms with Gasteiger partial charge >= 0.3 is 0 Å². The molecule has 2 heteroatoms. The Morgan fingerprint density at radius 1 is 1.67 bits per heavy atom. The van der Waals surface area contributed by atoms with Crippen LogP contribution in [0, 0.1) is 0 Å². The summed E-state index contributed by atoms with van der Waals surface area (Å²) >= 11 is 0. The molecule has 0 amide bonds. The number of hydrogen-bond acceptors (Lipinski definition) is 2. The highest BCUT2D eigenvalue weighted by atomic mass is 16.1. The maximum Gasteiger partial charge on any atom is 0.146 e. The van der Waals surface area contributed by atoms with E-state index in [4.69, 9.17) is 0 Å². The smallest absolute Gasteiger partial charge is 0.146 e. The van der Waals surface area contributed by atoms with E-state index >= 15 is 0 Å². The molecule has 0 aromatic rings. The highest BCUT2D eigenvalue weighted by molar-refractivity contribution is 5.80. The monoisotopic (exact) mass is 169 g/mol. The van der Waals surface area contributed by atoms with Crippen LogP contribution in [0.2, 0.25) is 0 Å². The van der Waals surface area contributed by atoms with E-state index in [1.165, 1.54) is 0 Å². The minimum atomic E-state index is 0.273. The van der Waals surface area contributed by atoms with Crippen molar-refractivity contribution in [3.63, 3.8) is 0 Å². The van der Waals surface area contributed by atoms with Crippen molar-refractivity contribution in [1.29, 1.82) is 0 Å². The molecule has 1 N–H and O–H groups in total. The Morgan fingerprint density at radius 2 is 2.33 bits per heavy atom. The Bertz CT molecular complexity index is 143. The second kappa shape index (κ2) is 7.04. The van der Waals surface area contributed by atoms with Crippen molar-refractivity contribution >= 4 is 5.78 Å². The molecule has 0 radical (unpaired) electrons. The Balaban J connectivity index is 3.36. The van der Waals surface area contributed by atoms with Gasteiger partial charge in [-0.2, -0.15) is 0 Å². The molecule has 0 spiro atoms. The van der Waals surface area contributed by atoms with Crippen molar-refractivity contribution in [1.82, 2.24) is 5.32 Å². The second-order valence-electron chi connectivity index (χ2n) is 3.06. The average molecular weight is 169 g/mol. The fourth-order valence-electron chi connectivity index (χ4n) is 0.784. The van der Waals surface area contributed by atoms with Crippen molar-refractivity contribution in [2.24, 2.45) is 0 Å². The molecule has 1 unspecified atom stereocenters. The van der Waals surface area contributed by atoms with E-state index in [0.29, 0.717) is 19.0 Å². The van der Waals surface area contributed by atoms with Gasteiger partial charge in [0, 0.05) is 12.5 Å². The number of carbonyl (C=O) groups excluding carboxylic acids is 1. The van der Waals surface area contributed by atoms with E-state index in [9.17, 15) is 4.79 Å². The molecule has 0 saturated heterocycles. The lowest BCUT2D eigenvalue weighted by molar-refractivity contribution is -0.118. The topological polar surface area (TPSA) is 29.1 Å². The summed E-state index contributed by atoms with van der Waals surface area (Å²) < 4.78 is 0. The van der Waals surface area contributed by atoms with Crippen molar-refractivity contribution in [2.75, 3.05) is 6.54 Å². The zero-order valence-corrected chi connectivity index (χ0v) is 8.10. The first-order chi connectivity index (χ1) is 5.70. The largest absolute Gasteiger partial charge is 0.308 e. The molecule has 70 valence electrons. The third-order valence-electron chi connectivity index (χ3n) is 1.89. The van der Waals surface area contributed by atoms with Gasteiger partial charge in [0.05, 0.1) is 6.54 Å². The number of ketones is 1. The van der Waals surface area contributed by atoms with Crippen molar-refractivity contribution in [3.05, 3.63) is 12.7 Å². The van der Waals surface area contributed by atoms with E-state index in [2.05, 4.69) is 25.7 Å². The van der Waals surface area contributed by atoms with Crippen LogP contribution in [0.1, 0.15) is 33.1 Å². The van der Waals surface area contributed by atoms with Crippen molar-refractivity contribution in [3.8, 4) is 0 Å². The van der Waals surface area contributed by atoms with Gasteiger partial charge in [0.1, 0.15) is 5.78 Å². The van der Waals surface area contributed by atoms with Crippen LogP contribution in [0.3, 0.4) is 0 Å². The Kier molecular flexibility index (Phi) is 6.67. The lowest BCUT2D eigenvalue weighted by Crippen LogP contribution is -2.30. The van der Waals surface area contributed by atoms with Gasteiger partial charge in [-0.25, -0.2) is 0 Å². The van der Waals surface area contributed by atoms with Gasteiger partial charge in [-0.3, -0.25) is 4.79 Å². The standard InChI is InChI=1S/C10H19NO/c1-4-6-7-10(12)8-11-9(3)5-2/h4,9,11H,1,5-8H2,2-3H3. The summed E-state index contributed by atoms with van der Waals surface area (Å²) in [5.74, 6) is 0.273. The third kappa shape index (κ3) is 6.10. The summed E-state index contributed by atoms with van der Waals surface area (Å²) in [7, 11) is 0. The van der Waals surface area contributed by atoms with Crippen LogP contribution in [-0.4, -0.2) is 18.4 Å². The van der Waals surface area contributed by atoms with Crippen LogP contribution in [0.5, 0.6) is 0 Å². The van der Waals surface area contributed by atoms with Crippen LogP contribution in [0.25, 0.3) is 0 Å². The lowest BCUT2D eigenvalue weighted by Gasteiger charge is -2.09. The molecule has 0 heterocycles. The van der Waals surface area contributed by atoms with E-state index < -0.39 is 0 Å². The summed E-state index contributed by atoms with van der Waals surface area (Å²) in [5, 5.41) is 3.16. The molecule has 2 nitrogen and oxygen atoms in total. The van der Waals surface area contributed by atoms with Crippen molar-refractivity contribution in [2.45, 2.75) is 39.2 Å². The fourth-order valence-corrected chi connectivity index (χ4v) is 0.784. The van der Waals surface area contributed by atoms with Gasteiger partial charge in [0.25, 0.3) is 0 Å². The minimum Gasteiger partial charge on any atom is -0.308 e. The van der Waals surface area contributed by atoms with Gasteiger partial charge < -0.3 is 5.32 Å². The van der Waals surface area contributed by atoms with Crippen LogP contribution in [-0.2, 0) is 4.79 Å². The Morgan fingerprint density at radius 3 is 2.83 bits per heavy atom. The molecule has 0 aliphatic heterocycles. The lowest BCUT2D eigenvalue weighted by atomic mass is 10.2. The first-order valence-corrected chi connectivity index (χ1v) is 4.56. The van der Waals surface area contributed by atoms with Crippen LogP contribution >= 0.6 is 0 Å². The van der Waals surface area contributed by atoms with Gasteiger partial charge in [-0.1, -0.05) is 13.0 Å². The Labute approximate surface area is 75.0 Å². The van der Waals surface area contributed by atoms with E-state index in [-0.39, 0.29) is 5.78 Å².